The summed E-state index contributed by atoms with van der Waals surface area (Å²) in [4.78, 5) is 0. The monoisotopic (exact) mass is 200 g/mol. The smallest absolute Gasteiger partial charge is 0.0530 e. The van der Waals surface area contributed by atoms with Crippen molar-refractivity contribution >= 4 is 12.6 Å². The average Bonchev–Trinajstić information content (AvgIpc) is 2.01. The molecule has 0 atom stereocenters. The summed E-state index contributed by atoms with van der Waals surface area (Å²) in [5.74, 6) is 0.972. The van der Waals surface area contributed by atoms with E-state index in [9.17, 15) is 0 Å². The van der Waals surface area contributed by atoms with Crippen LogP contribution in [0, 0.1) is 5.41 Å². The normalized spacial score (nSPS) is 19.5. The van der Waals surface area contributed by atoms with Gasteiger partial charge in [0.25, 0.3) is 0 Å². The van der Waals surface area contributed by atoms with Crippen LogP contribution in [-0.2, 0) is 4.74 Å². The van der Waals surface area contributed by atoms with Gasteiger partial charge in [0.2, 0.25) is 0 Å². The van der Waals surface area contributed by atoms with Gasteiger partial charge >= 0.3 is 0 Å². The third kappa shape index (κ3) is 3.35. The molecule has 0 aliphatic heterocycles. The predicted molar refractivity (Wildman–Crippen MR) is 60.4 cm³/mol. The zero-order chi connectivity index (χ0) is 9.73. The third-order valence-corrected chi connectivity index (χ3v) is 3.50. The second kappa shape index (κ2) is 5.06. The van der Waals surface area contributed by atoms with Crippen molar-refractivity contribution in [3.05, 3.63) is 12.2 Å². The van der Waals surface area contributed by atoms with Crippen molar-refractivity contribution in [2.75, 3.05) is 19.0 Å². The Morgan fingerprint density at radius 1 is 1.54 bits per heavy atom. The number of hydrogen-bond donors (Lipinski definition) is 1. The van der Waals surface area contributed by atoms with E-state index in [4.69, 9.17) is 4.74 Å². The van der Waals surface area contributed by atoms with Gasteiger partial charge in [0.1, 0.15) is 0 Å². The van der Waals surface area contributed by atoms with E-state index < -0.39 is 0 Å². The van der Waals surface area contributed by atoms with E-state index in [1.165, 1.54) is 24.8 Å². The van der Waals surface area contributed by atoms with Gasteiger partial charge in [-0.25, -0.2) is 0 Å². The fourth-order valence-corrected chi connectivity index (χ4v) is 1.97. The maximum Gasteiger partial charge on any atom is 0.0530 e. The molecule has 1 aliphatic carbocycles. The van der Waals surface area contributed by atoms with Crippen LogP contribution in [0.4, 0.5) is 0 Å². The molecule has 0 N–H and O–H groups in total. The van der Waals surface area contributed by atoms with Crippen molar-refractivity contribution < 1.29 is 4.74 Å². The summed E-state index contributed by atoms with van der Waals surface area (Å²) in [6.07, 6.45) is 4.93. The van der Waals surface area contributed by atoms with Crippen molar-refractivity contribution in [1.82, 2.24) is 0 Å². The largest absolute Gasteiger partial charge is 0.381 e. The fourth-order valence-electron chi connectivity index (χ4n) is 1.56. The van der Waals surface area contributed by atoms with E-state index in [2.05, 4.69) is 19.2 Å². The van der Waals surface area contributed by atoms with Crippen LogP contribution in [0.3, 0.4) is 0 Å². The van der Waals surface area contributed by atoms with Gasteiger partial charge in [0.15, 0.2) is 0 Å². The van der Waals surface area contributed by atoms with Crippen molar-refractivity contribution in [3.8, 4) is 0 Å². The summed E-state index contributed by atoms with van der Waals surface area (Å²) in [6, 6.07) is 0. The first-order valence-corrected chi connectivity index (χ1v) is 5.65. The van der Waals surface area contributed by atoms with E-state index >= 15 is 0 Å². The molecule has 13 heavy (non-hydrogen) atoms. The predicted octanol–water partition coefficient (Wildman–Crippen LogP) is 3.07. The summed E-state index contributed by atoms with van der Waals surface area (Å²) in [7, 11) is 0. The molecule has 1 saturated carbocycles. The molecule has 0 amide bonds. The molecule has 1 rings (SSSR count). The molecule has 0 aromatic rings. The van der Waals surface area contributed by atoms with E-state index in [-0.39, 0.29) is 0 Å². The summed E-state index contributed by atoms with van der Waals surface area (Å²) in [5, 5.41) is 0. The Hall–Kier alpha value is 0.0500. The third-order valence-electron chi connectivity index (χ3n) is 2.83. The maximum absolute atomic E-state index is 5.63. The highest BCUT2D eigenvalue weighted by molar-refractivity contribution is 7.80. The summed E-state index contributed by atoms with van der Waals surface area (Å²) < 4.78 is 5.63. The Morgan fingerprint density at radius 3 is 2.62 bits per heavy atom. The first-order valence-electron chi connectivity index (χ1n) is 5.01. The second-order valence-corrected chi connectivity index (χ2v) is 4.59. The molecular weight excluding hydrogens is 180 g/mol. The standard InChI is InChI=1S/C11H20OS/c1-10(2)4-7-12-8-11(9-13)5-3-6-11/h13H,1,3-9H2,2H3. The first-order chi connectivity index (χ1) is 6.18. The van der Waals surface area contributed by atoms with E-state index in [1.807, 2.05) is 6.92 Å². The molecule has 0 unspecified atom stereocenters. The molecule has 76 valence electrons. The lowest BCUT2D eigenvalue weighted by atomic mass is 9.71. The van der Waals surface area contributed by atoms with Crippen LogP contribution in [0.25, 0.3) is 0 Å². The Balaban J connectivity index is 2.07. The summed E-state index contributed by atoms with van der Waals surface area (Å²) >= 11 is 4.38. The highest BCUT2D eigenvalue weighted by atomic mass is 32.1. The minimum absolute atomic E-state index is 0.415. The lowest BCUT2D eigenvalue weighted by molar-refractivity contribution is 0.0117. The van der Waals surface area contributed by atoms with Gasteiger partial charge < -0.3 is 4.74 Å². The Kier molecular flexibility index (Phi) is 4.33. The minimum atomic E-state index is 0.415. The molecule has 0 spiro atoms. The molecule has 0 radical (unpaired) electrons. The van der Waals surface area contributed by atoms with Gasteiger partial charge in [0, 0.05) is 5.41 Å². The van der Waals surface area contributed by atoms with Crippen molar-refractivity contribution in [2.24, 2.45) is 5.41 Å². The highest BCUT2D eigenvalue weighted by Crippen LogP contribution is 2.41. The lowest BCUT2D eigenvalue weighted by Gasteiger charge is -2.40. The van der Waals surface area contributed by atoms with Gasteiger partial charge in [-0.05, 0) is 31.9 Å². The van der Waals surface area contributed by atoms with Gasteiger partial charge in [-0.1, -0.05) is 12.0 Å². The molecule has 1 aliphatic rings. The molecule has 2 heteroatoms. The van der Waals surface area contributed by atoms with E-state index in [0.717, 1.165) is 25.4 Å². The Labute approximate surface area is 87.0 Å². The number of rotatable bonds is 6. The molecule has 1 fully saturated rings. The minimum Gasteiger partial charge on any atom is -0.381 e. The van der Waals surface area contributed by atoms with Crippen molar-refractivity contribution in [1.29, 1.82) is 0 Å². The summed E-state index contributed by atoms with van der Waals surface area (Å²) in [5.41, 5.74) is 1.62. The number of thiol groups is 1. The lowest BCUT2D eigenvalue weighted by Crippen LogP contribution is -2.36. The second-order valence-electron chi connectivity index (χ2n) is 4.27. The van der Waals surface area contributed by atoms with Gasteiger partial charge in [-0.2, -0.15) is 12.6 Å². The van der Waals surface area contributed by atoms with Crippen LogP contribution in [0.15, 0.2) is 12.2 Å². The van der Waals surface area contributed by atoms with Crippen LogP contribution in [0.2, 0.25) is 0 Å². The van der Waals surface area contributed by atoms with Crippen molar-refractivity contribution in [3.63, 3.8) is 0 Å². The maximum atomic E-state index is 5.63. The molecule has 0 saturated heterocycles. The average molecular weight is 200 g/mol. The number of hydrogen-bond acceptors (Lipinski definition) is 2. The van der Waals surface area contributed by atoms with Crippen LogP contribution < -0.4 is 0 Å². The van der Waals surface area contributed by atoms with Gasteiger partial charge in [-0.15, -0.1) is 6.58 Å². The molecule has 0 heterocycles. The summed E-state index contributed by atoms with van der Waals surface area (Å²) in [6.45, 7) is 7.61. The zero-order valence-corrected chi connectivity index (χ0v) is 9.41. The van der Waals surface area contributed by atoms with Gasteiger partial charge in [0.05, 0.1) is 13.2 Å². The molecule has 0 aromatic heterocycles. The quantitative estimate of drug-likeness (QED) is 0.394. The van der Waals surface area contributed by atoms with E-state index in [1.54, 1.807) is 0 Å². The first kappa shape index (κ1) is 11.1. The Morgan fingerprint density at radius 2 is 2.23 bits per heavy atom. The molecular formula is C11H20OS. The number of ether oxygens (including phenoxy) is 1. The molecule has 1 nitrogen and oxygen atoms in total. The van der Waals surface area contributed by atoms with Crippen LogP contribution in [0.5, 0.6) is 0 Å². The molecule has 0 bridgehead atoms. The topological polar surface area (TPSA) is 9.23 Å². The van der Waals surface area contributed by atoms with Gasteiger partial charge in [-0.3, -0.25) is 0 Å². The zero-order valence-electron chi connectivity index (χ0n) is 8.51. The molecule has 0 aromatic carbocycles. The van der Waals surface area contributed by atoms with E-state index in [0.29, 0.717) is 5.41 Å². The Bertz CT molecular complexity index is 167. The van der Waals surface area contributed by atoms with Crippen LogP contribution in [0.1, 0.15) is 32.6 Å². The van der Waals surface area contributed by atoms with Crippen molar-refractivity contribution in [2.45, 2.75) is 32.6 Å². The van der Waals surface area contributed by atoms with Crippen LogP contribution in [-0.4, -0.2) is 19.0 Å². The highest BCUT2D eigenvalue weighted by Gasteiger charge is 2.35. The fraction of sp³-hybridized carbons (Fsp3) is 0.818. The SMILES string of the molecule is C=C(C)CCOCC1(CS)CCC1. The van der Waals surface area contributed by atoms with Crippen LogP contribution >= 0.6 is 12.6 Å².